The van der Waals surface area contributed by atoms with Gasteiger partial charge in [-0.1, -0.05) is 0 Å². The van der Waals surface area contributed by atoms with Crippen molar-refractivity contribution in [1.82, 2.24) is 0 Å². The fourth-order valence-corrected chi connectivity index (χ4v) is 0. The maximum atomic E-state index is 10.1. The first kappa shape index (κ1) is 22.9. The molecule has 0 atom stereocenters. The molecule has 0 fully saturated rings. The summed E-state index contributed by atoms with van der Waals surface area (Å²) in [6.45, 7) is 0. The summed E-state index contributed by atoms with van der Waals surface area (Å²) in [4.78, 5) is 0. The monoisotopic (exact) mass is 378 g/mol. The summed E-state index contributed by atoms with van der Waals surface area (Å²) in [6, 6.07) is 0. The molecule has 0 rings (SSSR count). The molecule has 0 aliphatic carbocycles. The second-order valence-corrected chi connectivity index (χ2v) is 1.50. The minimum absolute atomic E-state index is 0. The molecule has 11 heteroatoms. The van der Waals surface area contributed by atoms with Gasteiger partial charge in [-0.2, -0.15) is 14.0 Å². The molecule has 11 heavy (non-hydrogen) atoms. The second-order valence-electron chi connectivity index (χ2n) is 0.707. The normalized spacial score (nSPS) is 7.91. The molecule has 0 aliphatic heterocycles. The molecule has 0 amide bonds. The van der Waals surface area contributed by atoms with Crippen LogP contribution in [-0.4, -0.2) is 22.1 Å². The zero-order chi connectivity index (χ0) is 8.08. The summed E-state index contributed by atoms with van der Waals surface area (Å²) in [5.41, 5.74) is 0. The quantitative estimate of drug-likeness (QED) is 0.361. The van der Waals surface area contributed by atoms with Crippen molar-refractivity contribution in [2.24, 2.45) is 0 Å². The van der Waals surface area contributed by atoms with Gasteiger partial charge in [0.1, 0.15) is 0 Å². The van der Waals surface area contributed by atoms with Gasteiger partial charge in [-0.15, -0.1) is 0 Å². The van der Waals surface area contributed by atoms with Gasteiger partial charge in [0.15, 0.2) is 0 Å². The first-order valence-corrected chi connectivity index (χ1v) is 2.63. The summed E-state index contributed by atoms with van der Waals surface area (Å²) >= 11 is 0. The molecule has 0 aromatic heterocycles. The predicted octanol–water partition coefficient (Wildman–Crippen LogP) is -5.20. The first-order valence-electron chi connectivity index (χ1n) is 1.37. The van der Waals surface area contributed by atoms with Crippen LogP contribution in [0.4, 0.5) is 4.32 Å². The van der Waals surface area contributed by atoms with Crippen LogP contribution in [0, 0.1) is 10.2 Å². The average molecular weight is 380 g/mol. The fraction of sp³-hybridized carbons (Fsp3) is 0. The van der Waals surface area contributed by atoms with Crippen LogP contribution in [0.1, 0.15) is 0 Å². The Balaban J connectivity index is -0.0000000383. The number of hydrogen-bond donors (Lipinski definition) is 3. The van der Waals surface area contributed by atoms with Gasteiger partial charge < -0.3 is 10.0 Å². The molecule has 0 saturated carbocycles. The van der Waals surface area contributed by atoms with Gasteiger partial charge in [-0.3, -0.25) is 4.32 Å². The summed E-state index contributed by atoms with van der Waals surface area (Å²) in [5, 5.41) is 13.9. The van der Waals surface area contributed by atoms with E-state index in [1.54, 1.807) is 0 Å². The molecule has 0 saturated heterocycles. The van der Waals surface area contributed by atoms with Gasteiger partial charge in [0.05, 0.1) is 14.9 Å². The van der Waals surface area contributed by atoms with Crippen molar-refractivity contribution >= 4 is 7.40 Å². The van der Waals surface area contributed by atoms with E-state index >= 15 is 0 Å². The molecule has 2 radical (unpaired) electrons. The zero-order valence-corrected chi connectivity index (χ0v) is 8.22. The van der Waals surface area contributed by atoms with E-state index < -0.39 is 17.6 Å². The van der Waals surface area contributed by atoms with E-state index in [2.05, 4.69) is 0 Å². The molecular weight excluding hydrogens is 377 g/mol. The third-order valence-corrected chi connectivity index (χ3v) is 0. The SMILES string of the molecule is OB(O)F.[Ag].[Ag].[O-][Cl+3]([O-])([O-])O. The van der Waals surface area contributed by atoms with E-state index in [-0.39, 0.29) is 44.8 Å². The van der Waals surface area contributed by atoms with Crippen molar-refractivity contribution in [1.29, 1.82) is 0 Å². The van der Waals surface area contributed by atoms with E-state index in [0.29, 0.717) is 0 Å². The van der Waals surface area contributed by atoms with Gasteiger partial charge in [0.25, 0.3) is 0 Å². The number of hydrogen-bond acceptors (Lipinski definition) is 6. The fourth-order valence-electron chi connectivity index (χ4n) is 0. The summed E-state index contributed by atoms with van der Waals surface area (Å²) < 4.78 is 42.8. The Morgan fingerprint density at radius 1 is 1.09 bits per heavy atom. The predicted molar refractivity (Wildman–Crippen MR) is 13.5 cm³/mol. The van der Waals surface area contributed by atoms with Crippen LogP contribution in [0.15, 0.2) is 0 Å². The van der Waals surface area contributed by atoms with Gasteiger partial charge in [0.2, 0.25) is 0 Å². The molecule has 0 bridgehead atoms. The molecule has 0 aromatic rings. The Bertz CT molecular complexity index is 57.3. The van der Waals surface area contributed by atoms with Crippen LogP contribution < -0.4 is 14.0 Å². The molecular formula is H3Ag2BClFO6. The minimum Gasteiger partial charge on any atom is -0.398 e. The van der Waals surface area contributed by atoms with Crippen molar-refractivity contribution in [3.8, 4) is 0 Å². The molecule has 0 aliphatic rings. The Labute approximate surface area is 95.0 Å². The minimum atomic E-state index is -4.69. The van der Waals surface area contributed by atoms with Crippen LogP contribution in [0.25, 0.3) is 0 Å². The van der Waals surface area contributed by atoms with Crippen molar-refractivity contribution < 1.29 is 88.0 Å². The molecule has 78 valence electrons. The summed E-state index contributed by atoms with van der Waals surface area (Å²) in [5.74, 6) is 0. The maximum Gasteiger partial charge on any atom is 0.674 e. The molecule has 0 heterocycles. The third-order valence-electron chi connectivity index (χ3n) is 0. The standard InChI is InChI=1S/2Ag.BFH2O2.ClHO4/c;;2-1(3)4;2-1(3,4)5/h;;3-4H;(H,2,3,4,5). The van der Waals surface area contributed by atoms with Crippen LogP contribution >= 0.6 is 0 Å². The third kappa shape index (κ3) is 449. The summed E-state index contributed by atoms with van der Waals surface area (Å²) in [6.07, 6.45) is 0. The van der Waals surface area contributed by atoms with Crippen molar-refractivity contribution in [2.75, 3.05) is 0 Å². The van der Waals surface area contributed by atoms with Gasteiger partial charge >= 0.3 is 7.40 Å². The largest absolute Gasteiger partial charge is 0.674 e. The maximum absolute atomic E-state index is 10.1. The molecule has 6 nitrogen and oxygen atoms in total. The van der Waals surface area contributed by atoms with Gasteiger partial charge in [0, 0.05) is 44.8 Å². The molecule has 3 N–H and O–H groups in total. The van der Waals surface area contributed by atoms with E-state index in [1.807, 2.05) is 0 Å². The smallest absolute Gasteiger partial charge is 0.398 e. The number of rotatable bonds is 0. The average Bonchev–Trinajstić information content (AvgIpc) is 1.19. The molecule has 0 unspecified atom stereocenters. The topological polar surface area (TPSA) is 130 Å². The number of halogens is 2. The Kier molecular flexibility index (Phi) is 24.0. The van der Waals surface area contributed by atoms with E-state index in [9.17, 15) is 4.32 Å². The molecule has 0 spiro atoms. The van der Waals surface area contributed by atoms with Crippen molar-refractivity contribution in [3.63, 3.8) is 0 Å². The van der Waals surface area contributed by atoms with Crippen molar-refractivity contribution in [3.05, 3.63) is 0 Å². The van der Waals surface area contributed by atoms with E-state index in [0.717, 1.165) is 0 Å². The van der Waals surface area contributed by atoms with Crippen molar-refractivity contribution in [2.45, 2.75) is 0 Å². The van der Waals surface area contributed by atoms with Gasteiger partial charge in [-0.25, -0.2) is 0 Å². The van der Waals surface area contributed by atoms with Crippen LogP contribution in [0.3, 0.4) is 0 Å². The van der Waals surface area contributed by atoms with Crippen LogP contribution in [-0.2, 0) is 44.8 Å². The zero-order valence-electron chi connectivity index (χ0n) is 4.50. The Hall–Kier alpha value is 1.53. The molecule has 0 aromatic carbocycles. The first-order chi connectivity index (χ1) is 3.73. The summed E-state index contributed by atoms with van der Waals surface area (Å²) in [7, 11) is -7.36. The Morgan fingerprint density at radius 2 is 1.09 bits per heavy atom. The second kappa shape index (κ2) is 11.5. The Morgan fingerprint density at radius 3 is 1.09 bits per heavy atom. The van der Waals surface area contributed by atoms with E-state index in [1.165, 1.54) is 0 Å². The van der Waals surface area contributed by atoms with Crippen LogP contribution in [0.2, 0.25) is 0 Å². The van der Waals surface area contributed by atoms with Gasteiger partial charge in [-0.05, 0) is 0 Å². The van der Waals surface area contributed by atoms with E-state index in [4.69, 9.17) is 28.7 Å². The van der Waals surface area contributed by atoms with Crippen LogP contribution in [0.5, 0.6) is 0 Å².